The lowest BCUT2D eigenvalue weighted by molar-refractivity contribution is -0.120. The van der Waals surface area contributed by atoms with Crippen LogP contribution < -0.4 is 25.6 Å². The average molecular weight is 410 g/mol. The van der Waals surface area contributed by atoms with E-state index in [1.165, 1.54) is 5.56 Å². The molecule has 0 aliphatic carbocycles. The molecule has 0 bridgehead atoms. The van der Waals surface area contributed by atoms with Crippen molar-refractivity contribution in [2.45, 2.75) is 26.5 Å². The van der Waals surface area contributed by atoms with Crippen molar-refractivity contribution in [3.8, 4) is 5.75 Å². The Morgan fingerprint density at radius 1 is 1.23 bits per heavy atom. The van der Waals surface area contributed by atoms with Gasteiger partial charge in [0.25, 0.3) is 0 Å². The zero-order valence-electron chi connectivity index (χ0n) is 17.9. The molecule has 1 unspecified atom stereocenters. The molecule has 1 aliphatic heterocycles. The van der Waals surface area contributed by atoms with Gasteiger partial charge in [-0.1, -0.05) is 24.3 Å². The Balaban J connectivity index is 1.44. The van der Waals surface area contributed by atoms with Crippen LogP contribution in [0.15, 0.2) is 53.5 Å². The van der Waals surface area contributed by atoms with Crippen molar-refractivity contribution in [3.05, 3.63) is 59.7 Å². The first-order chi connectivity index (χ1) is 14.5. The summed E-state index contributed by atoms with van der Waals surface area (Å²) in [5.41, 5.74) is 3.39. The highest BCUT2D eigenvalue weighted by Gasteiger charge is 2.16. The lowest BCUT2D eigenvalue weighted by Gasteiger charge is -2.28. The van der Waals surface area contributed by atoms with E-state index in [9.17, 15) is 4.79 Å². The van der Waals surface area contributed by atoms with Gasteiger partial charge in [0.1, 0.15) is 11.9 Å². The van der Waals surface area contributed by atoms with Crippen LogP contribution in [0.4, 0.5) is 5.69 Å². The lowest BCUT2D eigenvalue weighted by atomic mass is 10.2. The van der Waals surface area contributed by atoms with Crippen LogP contribution in [-0.2, 0) is 11.3 Å². The van der Waals surface area contributed by atoms with Crippen LogP contribution in [0.25, 0.3) is 0 Å². The number of anilines is 1. The first-order valence-electron chi connectivity index (χ1n) is 10.3. The number of carbonyl (C=O) groups excluding carboxylic acids is 1. The van der Waals surface area contributed by atoms with E-state index in [2.05, 4.69) is 63.1 Å². The van der Waals surface area contributed by atoms with Gasteiger partial charge in [-0.3, -0.25) is 9.79 Å². The highest BCUT2D eigenvalue weighted by molar-refractivity contribution is 5.82. The number of hydrogen-bond donors (Lipinski definition) is 3. The number of guanidine groups is 1. The van der Waals surface area contributed by atoms with Gasteiger partial charge in [-0.25, -0.2) is 0 Å². The minimum absolute atomic E-state index is 0.00590. The van der Waals surface area contributed by atoms with Crippen molar-refractivity contribution < 1.29 is 9.53 Å². The van der Waals surface area contributed by atoms with Gasteiger partial charge in [0.15, 0.2) is 5.96 Å². The van der Waals surface area contributed by atoms with Gasteiger partial charge in [0.05, 0.1) is 13.1 Å². The summed E-state index contributed by atoms with van der Waals surface area (Å²) in [5.74, 6) is 1.67. The number of nitrogens with zero attached hydrogens (tertiary/aromatic N) is 2. The maximum Gasteiger partial charge on any atom is 0.239 e. The second-order valence-electron chi connectivity index (χ2n) is 7.49. The highest BCUT2D eigenvalue weighted by atomic mass is 16.5. The number of rotatable bonds is 7. The third-order valence-electron chi connectivity index (χ3n) is 4.91. The smallest absolute Gasteiger partial charge is 0.239 e. The van der Waals surface area contributed by atoms with E-state index >= 15 is 0 Å². The standard InChI is InChI=1S/C23H31N5O2/c1-17-5-4-6-21(13-17)30-18(2)14-26-23(24-3)27-15-19-7-9-20(10-8-19)28-12-11-25-22(29)16-28/h4-10,13,18H,11-12,14-16H2,1-3H3,(H,25,29)(H2,24,26,27). The first kappa shape index (κ1) is 21.5. The van der Waals surface area contributed by atoms with Crippen LogP contribution >= 0.6 is 0 Å². The van der Waals surface area contributed by atoms with E-state index in [0.717, 1.165) is 29.5 Å². The molecule has 2 aromatic carbocycles. The van der Waals surface area contributed by atoms with Crippen molar-refractivity contribution in [3.63, 3.8) is 0 Å². The largest absolute Gasteiger partial charge is 0.489 e. The van der Waals surface area contributed by atoms with Crippen LogP contribution in [0, 0.1) is 6.92 Å². The van der Waals surface area contributed by atoms with E-state index < -0.39 is 0 Å². The fourth-order valence-corrected chi connectivity index (χ4v) is 3.29. The van der Waals surface area contributed by atoms with Gasteiger partial charge in [-0.15, -0.1) is 0 Å². The van der Waals surface area contributed by atoms with Gasteiger partial charge >= 0.3 is 0 Å². The molecule has 1 atom stereocenters. The summed E-state index contributed by atoms with van der Waals surface area (Å²) in [6, 6.07) is 16.3. The number of benzene rings is 2. The number of nitrogens with one attached hydrogen (secondary N) is 3. The number of ether oxygens (including phenoxy) is 1. The molecule has 1 fully saturated rings. The Labute approximate surface area is 178 Å². The molecule has 0 radical (unpaired) electrons. The normalized spacial score (nSPS) is 15.4. The maximum absolute atomic E-state index is 11.6. The molecule has 7 nitrogen and oxygen atoms in total. The molecule has 2 aromatic rings. The molecule has 7 heteroatoms. The minimum atomic E-state index is 0.00590. The number of aryl methyl sites for hydroxylation is 1. The molecule has 160 valence electrons. The number of amides is 1. The minimum Gasteiger partial charge on any atom is -0.489 e. The molecular weight excluding hydrogens is 378 g/mol. The maximum atomic E-state index is 11.6. The second-order valence-corrected chi connectivity index (χ2v) is 7.49. The van der Waals surface area contributed by atoms with Gasteiger partial charge in [-0.2, -0.15) is 0 Å². The number of carbonyl (C=O) groups is 1. The quantitative estimate of drug-likeness (QED) is 0.482. The van der Waals surface area contributed by atoms with Crippen molar-refractivity contribution in [2.75, 3.05) is 38.1 Å². The van der Waals surface area contributed by atoms with E-state index in [1.54, 1.807) is 7.05 Å². The molecular formula is C23H31N5O2. The number of aliphatic imine (C=N–C) groups is 1. The van der Waals surface area contributed by atoms with Crippen LogP contribution in [0.1, 0.15) is 18.1 Å². The summed E-state index contributed by atoms with van der Waals surface area (Å²) >= 11 is 0. The third kappa shape index (κ3) is 6.40. The molecule has 0 spiro atoms. The summed E-state index contributed by atoms with van der Waals surface area (Å²) < 4.78 is 5.95. The molecule has 3 N–H and O–H groups in total. The fourth-order valence-electron chi connectivity index (χ4n) is 3.29. The summed E-state index contributed by atoms with van der Waals surface area (Å²) in [6.07, 6.45) is 0.00590. The second kappa shape index (κ2) is 10.5. The van der Waals surface area contributed by atoms with Gasteiger partial charge in [0.2, 0.25) is 5.91 Å². The SMILES string of the molecule is CN=C(NCc1ccc(N2CCNC(=O)C2)cc1)NCC(C)Oc1cccc(C)c1. The van der Waals surface area contributed by atoms with Crippen molar-refractivity contribution in [1.82, 2.24) is 16.0 Å². The lowest BCUT2D eigenvalue weighted by Crippen LogP contribution is -2.47. The van der Waals surface area contributed by atoms with Crippen molar-refractivity contribution in [2.24, 2.45) is 4.99 Å². The fraction of sp³-hybridized carbons (Fsp3) is 0.391. The van der Waals surface area contributed by atoms with Crippen LogP contribution in [0.2, 0.25) is 0 Å². The number of hydrogen-bond acceptors (Lipinski definition) is 4. The van der Waals surface area contributed by atoms with Gasteiger partial charge in [0, 0.05) is 32.4 Å². The predicted octanol–water partition coefficient (Wildman–Crippen LogP) is 2.06. The summed E-state index contributed by atoms with van der Waals surface area (Å²) in [5, 5.41) is 9.48. The van der Waals surface area contributed by atoms with Crippen LogP contribution in [-0.4, -0.2) is 51.2 Å². The highest BCUT2D eigenvalue weighted by Crippen LogP contribution is 2.16. The van der Waals surface area contributed by atoms with Crippen LogP contribution in [0.5, 0.6) is 5.75 Å². The summed E-state index contributed by atoms with van der Waals surface area (Å²) in [6.45, 7) is 7.33. The van der Waals surface area contributed by atoms with Crippen LogP contribution in [0.3, 0.4) is 0 Å². The molecule has 1 heterocycles. The van der Waals surface area contributed by atoms with E-state index in [1.807, 2.05) is 25.1 Å². The topological polar surface area (TPSA) is 78.0 Å². The number of piperazine rings is 1. The Bertz CT molecular complexity index is 866. The summed E-state index contributed by atoms with van der Waals surface area (Å²) in [4.78, 5) is 17.9. The Morgan fingerprint density at radius 2 is 2.03 bits per heavy atom. The molecule has 1 aliphatic rings. The predicted molar refractivity (Wildman–Crippen MR) is 121 cm³/mol. The van der Waals surface area contributed by atoms with E-state index in [4.69, 9.17) is 4.74 Å². The third-order valence-corrected chi connectivity index (χ3v) is 4.91. The van der Waals surface area contributed by atoms with E-state index in [-0.39, 0.29) is 12.0 Å². The van der Waals surface area contributed by atoms with E-state index in [0.29, 0.717) is 26.2 Å². The first-order valence-corrected chi connectivity index (χ1v) is 10.3. The van der Waals surface area contributed by atoms with Crippen molar-refractivity contribution >= 4 is 17.6 Å². The Morgan fingerprint density at radius 3 is 2.73 bits per heavy atom. The Kier molecular flexibility index (Phi) is 7.54. The molecule has 30 heavy (non-hydrogen) atoms. The monoisotopic (exact) mass is 409 g/mol. The average Bonchev–Trinajstić information content (AvgIpc) is 2.74. The van der Waals surface area contributed by atoms with Gasteiger partial charge < -0.3 is 25.6 Å². The molecule has 0 saturated carbocycles. The molecule has 3 rings (SSSR count). The Hall–Kier alpha value is -3.22. The molecule has 1 saturated heterocycles. The molecule has 1 amide bonds. The zero-order valence-corrected chi connectivity index (χ0v) is 17.9. The van der Waals surface area contributed by atoms with Gasteiger partial charge in [-0.05, 0) is 49.2 Å². The van der Waals surface area contributed by atoms with Crippen molar-refractivity contribution in [1.29, 1.82) is 0 Å². The zero-order chi connectivity index (χ0) is 21.3. The summed E-state index contributed by atoms with van der Waals surface area (Å²) in [7, 11) is 1.76. The molecule has 0 aromatic heterocycles.